The van der Waals surface area contributed by atoms with Crippen molar-refractivity contribution in [3.8, 4) is 0 Å². The lowest BCUT2D eigenvalue weighted by Gasteiger charge is -2.09. The molecule has 2 rings (SSSR count). The molecule has 0 saturated heterocycles. The van der Waals surface area contributed by atoms with E-state index in [1.165, 1.54) is 32.1 Å². The third-order valence-electron chi connectivity index (χ3n) is 4.00. The minimum absolute atomic E-state index is 0. The van der Waals surface area contributed by atoms with Crippen molar-refractivity contribution in [3.05, 3.63) is 35.4 Å². The summed E-state index contributed by atoms with van der Waals surface area (Å²) in [5, 5.41) is 2.99. The predicted molar refractivity (Wildman–Crippen MR) is 85.1 cm³/mol. The van der Waals surface area contributed by atoms with Crippen molar-refractivity contribution in [2.45, 2.75) is 45.1 Å². The van der Waals surface area contributed by atoms with Crippen LogP contribution in [-0.4, -0.2) is 12.5 Å². The molecule has 1 fully saturated rings. The Hall–Kier alpha value is -1.06. The summed E-state index contributed by atoms with van der Waals surface area (Å²) in [7, 11) is 0. The van der Waals surface area contributed by atoms with Gasteiger partial charge in [0.1, 0.15) is 0 Å². The van der Waals surface area contributed by atoms with Crippen LogP contribution in [0.1, 0.15) is 54.4 Å². The molecule has 1 saturated carbocycles. The van der Waals surface area contributed by atoms with Crippen molar-refractivity contribution in [2.75, 3.05) is 6.54 Å². The fourth-order valence-corrected chi connectivity index (χ4v) is 2.79. The zero-order valence-corrected chi connectivity index (χ0v) is 12.8. The van der Waals surface area contributed by atoms with Crippen LogP contribution in [-0.2, 0) is 6.54 Å². The second kappa shape index (κ2) is 8.98. The number of nitrogens with two attached hydrogens (primary N) is 1. The van der Waals surface area contributed by atoms with Gasteiger partial charge in [0.05, 0.1) is 0 Å². The number of nitrogens with one attached hydrogen (secondary N) is 1. The van der Waals surface area contributed by atoms with Crippen LogP contribution in [0.3, 0.4) is 0 Å². The van der Waals surface area contributed by atoms with Gasteiger partial charge in [0.15, 0.2) is 0 Å². The normalized spacial score (nSPS) is 14.8. The summed E-state index contributed by atoms with van der Waals surface area (Å²) in [6, 6.07) is 7.50. The molecular weight excluding hydrogens is 272 g/mol. The van der Waals surface area contributed by atoms with Crippen LogP contribution in [0.5, 0.6) is 0 Å². The lowest BCUT2D eigenvalue weighted by atomic mass is 10.0. The molecule has 0 heterocycles. The third-order valence-corrected chi connectivity index (χ3v) is 4.00. The molecule has 0 aromatic heterocycles. The van der Waals surface area contributed by atoms with E-state index in [9.17, 15) is 4.79 Å². The summed E-state index contributed by atoms with van der Waals surface area (Å²) in [4.78, 5) is 11.9. The Balaban J connectivity index is 0.00000200. The van der Waals surface area contributed by atoms with Gasteiger partial charge < -0.3 is 11.1 Å². The number of benzene rings is 1. The second-order valence-electron chi connectivity index (χ2n) is 5.45. The fraction of sp³-hybridized carbons (Fsp3) is 0.562. The molecule has 0 bridgehead atoms. The molecule has 1 aromatic rings. The van der Waals surface area contributed by atoms with E-state index in [2.05, 4.69) is 5.32 Å². The van der Waals surface area contributed by atoms with Gasteiger partial charge in [-0.3, -0.25) is 4.79 Å². The van der Waals surface area contributed by atoms with Gasteiger partial charge in [0.25, 0.3) is 5.91 Å². The van der Waals surface area contributed by atoms with Crippen LogP contribution in [0.15, 0.2) is 24.3 Å². The van der Waals surface area contributed by atoms with Gasteiger partial charge in [-0.15, -0.1) is 12.4 Å². The number of carbonyl (C=O) groups excluding carboxylic acids is 1. The highest BCUT2D eigenvalue weighted by Gasteiger charge is 2.14. The average Bonchev–Trinajstić information content (AvgIpc) is 2.96. The first-order valence-electron chi connectivity index (χ1n) is 7.37. The first-order valence-corrected chi connectivity index (χ1v) is 7.37. The summed E-state index contributed by atoms with van der Waals surface area (Å²) >= 11 is 0. The molecule has 20 heavy (non-hydrogen) atoms. The summed E-state index contributed by atoms with van der Waals surface area (Å²) in [5.74, 6) is 0.927. The monoisotopic (exact) mass is 296 g/mol. The van der Waals surface area contributed by atoms with E-state index in [1.807, 2.05) is 24.3 Å². The molecule has 3 nitrogen and oxygen atoms in total. The van der Waals surface area contributed by atoms with Crippen LogP contribution in [0.4, 0.5) is 0 Å². The molecule has 1 aromatic carbocycles. The molecular formula is C16H25ClN2O. The van der Waals surface area contributed by atoms with E-state index in [1.54, 1.807) is 0 Å². The number of rotatable bonds is 6. The van der Waals surface area contributed by atoms with Crippen molar-refractivity contribution in [3.63, 3.8) is 0 Å². The number of halogens is 1. The van der Waals surface area contributed by atoms with Crippen LogP contribution in [0.25, 0.3) is 0 Å². The first-order chi connectivity index (χ1) is 9.29. The van der Waals surface area contributed by atoms with Crippen LogP contribution in [0.2, 0.25) is 0 Å². The van der Waals surface area contributed by atoms with Gasteiger partial charge in [0.2, 0.25) is 0 Å². The molecule has 0 atom stereocenters. The molecule has 1 aliphatic carbocycles. The Morgan fingerprint density at radius 3 is 2.45 bits per heavy atom. The Kier molecular flexibility index (Phi) is 7.63. The molecule has 0 unspecified atom stereocenters. The molecule has 4 heteroatoms. The van der Waals surface area contributed by atoms with Gasteiger partial charge in [0, 0.05) is 18.7 Å². The minimum Gasteiger partial charge on any atom is -0.352 e. The topological polar surface area (TPSA) is 55.1 Å². The van der Waals surface area contributed by atoms with E-state index < -0.39 is 0 Å². The summed E-state index contributed by atoms with van der Waals surface area (Å²) in [5.41, 5.74) is 7.31. The maximum atomic E-state index is 11.9. The largest absolute Gasteiger partial charge is 0.352 e. The van der Waals surface area contributed by atoms with Gasteiger partial charge in [-0.1, -0.05) is 37.8 Å². The van der Waals surface area contributed by atoms with Crippen molar-refractivity contribution in [2.24, 2.45) is 11.7 Å². The van der Waals surface area contributed by atoms with Crippen LogP contribution in [0, 0.1) is 5.92 Å². The first kappa shape index (κ1) is 17.0. The second-order valence-corrected chi connectivity index (χ2v) is 5.45. The van der Waals surface area contributed by atoms with Gasteiger partial charge >= 0.3 is 0 Å². The summed E-state index contributed by atoms with van der Waals surface area (Å²) in [6.07, 6.45) is 7.90. The van der Waals surface area contributed by atoms with Gasteiger partial charge in [-0.25, -0.2) is 0 Å². The standard InChI is InChI=1S/C16H24N2O.ClH/c17-12-14-7-9-15(10-8-14)16(19)18-11-3-6-13-4-1-2-5-13;/h7-10,13H,1-6,11-12,17H2,(H,18,19);1H. The minimum atomic E-state index is 0. The van der Waals surface area contributed by atoms with Crippen molar-refractivity contribution < 1.29 is 4.79 Å². The van der Waals surface area contributed by atoms with E-state index in [0.29, 0.717) is 6.54 Å². The summed E-state index contributed by atoms with van der Waals surface area (Å²) in [6.45, 7) is 1.30. The molecule has 3 N–H and O–H groups in total. The van der Waals surface area contributed by atoms with E-state index in [0.717, 1.165) is 30.0 Å². The molecule has 0 radical (unpaired) electrons. The van der Waals surface area contributed by atoms with Gasteiger partial charge in [-0.2, -0.15) is 0 Å². The van der Waals surface area contributed by atoms with Crippen LogP contribution >= 0.6 is 12.4 Å². The Bertz CT molecular complexity index is 399. The Morgan fingerprint density at radius 2 is 1.85 bits per heavy atom. The highest BCUT2D eigenvalue weighted by Crippen LogP contribution is 2.28. The highest BCUT2D eigenvalue weighted by atomic mass is 35.5. The third kappa shape index (κ3) is 5.14. The van der Waals surface area contributed by atoms with E-state index in [4.69, 9.17) is 5.73 Å². The number of hydrogen-bond donors (Lipinski definition) is 2. The Labute approximate surface area is 127 Å². The predicted octanol–water partition coefficient (Wildman–Crippen LogP) is 3.27. The van der Waals surface area contributed by atoms with Crippen molar-refractivity contribution >= 4 is 18.3 Å². The molecule has 1 aliphatic rings. The SMILES string of the molecule is Cl.NCc1ccc(C(=O)NCCCC2CCCC2)cc1. The molecule has 112 valence electrons. The number of amides is 1. The summed E-state index contributed by atoms with van der Waals surface area (Å²) < 4.78 is 0. The molecule has 0 aliphatic heterocycles. The molecule has 1 amide bonds. The van der Waals surface area contributed by atoms with Gasteiger partial charge in [-0.05, 0) is 36.5 Å². The Morgan fingerprint density at radius 1 is 1.20 bits per heavy atom. The maximum Gasteiger partial charge on any atom is 0.251 e. The van der Waals surface area contributed by atoms with E-state index in [-0.39, 0.29) is 18.3 Å². The smallest absolute Gasteiger partial charge is 0.251 e. The number of hydrogen-bond acceptors (Lipinski definition) is 2. The average molecular weight is 297 g/mol. The number of carbonyl (C=O) groups is 1. The maximum absolute atomic E-state index is 11.9. The lowest BCUT2D eigenvalue weighted by molar-refractivity contribution is 0.0952. The van der Waals surface area contributed by atoms with Crippen molar-refractivity contribution in [1.82, 2.24) is 5.32 Å². The quantitative estimate of drug-likeness (QED) is 0.792. The zero-order chi connectivity index (χ0) is 13.5. The zero-order valence-electron chi connectivity index (χ0n) is 11.9. The van der Waals surface area contributed by atoms with E-state index >= 15 is 0 Å². The molecule has 0 spiro atoms. The fourth-order valence-electron chi connectivity index (χ4n) is 2.79. The van der Waals surface area contributed by atoms with Crippen LogP contribution < -0.4 is 11.1 Å². The highest BCUT2D eigenvalue weighted by molar-refractivity contribution is 5.94. The van der Waals surface area contributed by atoms with Crippen molar-refractivity contribution in [1.29, 1.82) is 0 Å². The lowest BCUT2D eigenvalue weighted by Crippen LogP contribution is -2.24.